The SMILES string of the molecule is NNc1ccc(-n2nc(C3CC3)cc2C2CC2)nn1. The van der Waals surface area contributed by atoms with Crippen molar-refractivity contribution in [3.8, 4) is 5.82 Å². The molecular weight excluding hydrogens is 240 g/mol. The first-order valence-electron chi connectivity index (χ1n) is 6.76. The lowest BCUT2D eigenvalue weighted by Gasteiger charge is -2.05. The van der Waals surface area contributed by atoms with Crippen molar-refractivity contribution in [1.29, 1.82) is 0 Å². The molecule has 2 aromatic rings. The maximum atomic E-state index is 5.30. The summed E-state index contributed by atoms with van der Waals surface area (Å²) < 4.78 is 1.96. The number of hydrazine groups is 1. The van der Waals surface area contributed by atoms with Gasteiger partial charge in [-0.2, -0.15) is 5.10 Å². The van der Waals surface area contributed by atoms with Crippen LogP contribution in [0.4, 0.5) is 5.82 Å². The summed E-state index contributed by atoms with van der Waals surface area (Å²) in [6.07, 6.45) is 5.04. The van der Waals surface area contributed by atoms with Crippen molar-refractivity contribution in [1.82, 2.24) is 20.0 Å². The molecule has 3 N–H and O–H groups in total. The van der Waals surface area contributed by atoms with Crippen LogP contribution in [0.3, 0.4) is 0 Å². The molecule has 6 nitrogen and oxygen atoms in total. The highest BCUT2D eigenvalue weighted by Gasteiger charge is 2.33. The molecule has 2 aliphatic carbocycles. The molecule has 0 aliphatic heterocycles. The summed E-state index contributed by atoms with van der Waals surface area (Å²) in [7, 11) is 0. The third-order valence-electron chi connectivity index (χ3n) is 3.76. The minimum absolute atomic E-state index is 0.561. The van der Waals surface area contributed by atoms with Crippen LogP contribution >= 0.6 is 0 Å². The number of anilines is 1. The Labute approximate surface area is 111 Å². The molecule has 2 aliphatic rings. The maximum absolute atomic E-state index is 5.30. The van der Waals surface area contributed by atoms with Gasteiger partial charge in [0.25, 0.3) is 0 Å². The van der Waals surface area contributed by atoms with Crippen molar-refractivity contribution < 1.29 is 0 Å². The first-order chi connectivity index (χ1) is 9.35. The van der Waals surface area contributed by atoms with Gasteiger partial charge in [0.1, 0.15) is 0 Å². The molecule has 2 aromatic heterocycles. The Morgan fingerprint density at radius 3 is 2.47 bits per heavy atom. The molecule has 2 heterocycles. The van der Waals surface area contributed by atoms with Gasteiger partial charge in [0.05, 0.1) is 5.69 Å². The fourth-order valence-electron chi connectivity index (χ4n) is 2.36. The van der Waals surface area contributed by atoms with Gasteiger partial charge < -0.3 is 5.43 Å². The molecule has 98 valence electrons. The third kappa shape index (κ3) is 1.98. The van der Waals surface area contributed by atoms with E-state index >= 15 is 0 Å². The van der Waals surface area contributed by atoms with Crippen molar-refractivity contribution in [2.75, 3.05) is 5.43 Å². The van der Waals surface area contributed by atoms with Crippen LogP contribution in [0, 0.1) is 0 Å². The molecule has 0 unspecified atom stereocenters. The summed E-state index contributed by atoms with van der Waals surface area (Å²) in [5.74, 6) is 7.95. The number of nitrogens with two attached hydrogens (primary N) is 1. The summed E-state index contributed by atoms with van der Waals surface area (Å²) >= 11 is 0. The van der Waals surface area contributed by atoms with Gasteiger partial charge in [-0.25, -0.2) is 10.5 Å². The van der Waals surface area contributed by atoms with E-state index in [2.05, 4.69) is 21.7 Å². The number of aromatic nitrogens is 4. The molecule has 19 heavy (non-hydrogen) atoms. The topological polar surface area (TPSA) is 81.6 Å². The number of rotatable bonds is 4. The van der Waals surface area contributed by atoms with E-state index in [1.165, 1.54) is 37.1 Å². The Bertz CT molecular complexity index is 594. The quantitative estimate of drug-likeness (QED) is 0.642. The lowest BCUT2D eigenvalue weighted by atomic mass is 10.2. The zero-order chi connectivity index (χ0) is 12.8. The van der Waals surface area contributed by atoms with Crippen molar-refractivity contribution >= 4 is 5.82 Å². The van der Waals surface area contributed by atoms with E-state index in [4.69, 9.17) is 10.9 Å². The molecule has 0 spiro atoms. The van der Waals surface area contributed by atoms with Gasteiger partial charge in [-0.3, -0.25) is 0 Å². The molecule has 0 bridgehead atoms. The van der Waals surface area contributed by atoms with Gasteiger partial charge in [0, 0.05) is 17.5 Å². The lowest BCUT2D eigenvalue weighted by Crippen LogP contribution is -2.11. The fraction of sp³-hybridized carbons (Fsp3) is 0.462. The summed E-state index contributed by atoms with van der Waals surface area (Å²) in [6, 6.07) is 5.97. The minimum atomic E-state index is 0.561. The van der Waals surface area contributed by atoms with E-state index in [0.717, 1.165) is 5.82 Å². The Morgan fingerprint density at radius 1 is 1.11 bits per heavy atom. The van der Waals surface area contributed by atoms with E-state index in [1.807, 2.05) is 16.8 Å². The van der Waals surface area contributed by atoms with Gasteiger partial charge >= 0.3 is 0 Å². The van der Waals surface area contributed by atoms with E-state index < -0.39 is 0 Å². The first-order valence-corrected chi connectivity index (χ1v) is 6.76. The van der Waals surface area contributed by atoms with Crippen LogP contribution in [-0.2, 0) is 0 Å². The van der Waals surface area contributed by atoms with E-state index in [0.29, 0.717) is 17.7 Å². The monoisotopic (exact) mass is 256 g/mol. The second kappa shape index (κ2) is 4.03. The molecule has 2 saturated carbocycles. The van der Waals surface area contributed by atoms with Crippen molar-refractivity contribution in [2.24, 2.45) is 5.84 Å². The number of hydrogen-bond acceptors (Lipinski definition) is 5. The van der Waals surface area contributed by atoms with Crippen LogP contribution in [0.15, 0.2) is 18.2 Å². The van der Waals surface area contributed by atoms with E-state index in [1.54, 1.807) is 0 Å². The average Bonchev–Trinajstić information content (AvgIpc) is 3.37. The Balaban J connectivity index is 1.74. The molecule has 0 saturated heterocycles. The molecular formula is C13H16N6. The number of nitrogens with one attached hydrogen (secondary N) is 1. The van der Waals surface area contributed by atoms with Gasteiger partial charge in [-0.15, -0.1) is 10.2 Å². The second-order valence-electron chi connectivity index (χ2n) is 5.38. The molecule has 2 fully saturated rings. The zero-order valence-electron chi connectivity index (χ0n) is 10.6. The summed E-state index contributed by atoms with van der Waals surface area (Å²) in [5, 5.41) is 12.9. The van der Waals surface area contributed by atoms with Crippen molar-refractivity contribution in [3.05, 3.63) is 29.6 Å². The number of nitrogen functional groups attached to an aromatic ring is 1. The van der Waals surface area contributed by atoms with Crippen LogP contribution in [0.2, 0.25) is 0 Å². The Kier molecular flexibility index (Phi) is 2.32. The summed E-state index contributed by atoms with van der Waals surface area (Å²) in [6.45, 7) is 0. The molecule has 4 rings (SSSR count). The normalized spacial score (nSPS) is 18.6. The van der Waals surface area contributed by atoms with Crippen molar-refractivity contribution in [2.45, 2.75) is 37.5 Å². The van der Waals surface area contributed by atoms with Crippen LogP contribution in [0.1, 0.15) is 48.9 Å². The fourth-order valence-corrected chi connectivity index (χ4v) is 2.36. The van der Waals surface area contributed by atoms with Gasteiger partial charge in [-0.1, -0.05) is 0 Å². The standard InChI is InChI=1S/C13H16N6/c14-15-12-5-6-13(17-16-12)19-11(9-3-4-9)7-10(18-19)8-1-2-8/h5-9H,1-4,14H2,(H,15,16). The largest absolute Gasteiger partial charge is 0.307 e. The van der Waals surface area contributed by atoms with Crippen LogP contribution in [0.25, 0.3) is 5.82 Å². The first kappa shape index (κ1) is 10.9. The highest BCUT2D eigenvalue weighted by atomic mass is 15.4. The molecule has 0 aromatic carbocycles. The second-order valence-corrected chi connectivity index (χ2v) is 5.38. The Hall–Kier alpha value is -1.95. The lowest BCUT2D eigenvalue weighted by molar-refractivity contribution is 0.749. The third-order valence-corrected chi connectivity index (χ3v) is 3.76. The summed E-state index contributed by atoms with van der Waals surface area (Å²) in [4.78, 5) is 0. The van der Waals surface area contributed by atoms with Crippen LogP contribution in [-0.4, -0.2) is 20.0 Å². The predicted molar refractivity (Wildman–Crippen MR) is 70.9 cm³/mol. The van der Waals surface area contributed by atoms with Gasteiger partial charge in [-0.05, 0) is 43.9 Å². The summed E-state index contributed by atoms with van der Waals surface area (Å²) in [5.41, 5.74) is 4.98. The van der Waals surface area contributed by atoms with E-state index in [-0.39, 0.29) is 0 Å². The number of hydrogen-bond donors (Lipinski definition) is 2. The van der Waals surface area contributed by atoms with E-state index in [9.17, 15) is 0 Å². The molecule has 0 amide bonds. The Morgan fingerprint density at radius 2 is 1.89 bits per heavy atom. The smallest absolute Gasteiger partial charge is 0.176 e. The maximum Gasteiger partial charge on any atom is 0.176 e. The molecule has 0 radical (unpaired) electrons. The zero-order valence-corrected chi connectivity index (χ0v) is 10.6. The van der Waals surface area contributed by atoms with Gasteiger partial charge in [0.15, 0.2) is 11.6 Å². The minimum Gasteiger partial charge on any atom is -0.307 e. The molecule has 6 heteroatoms. The predicted octanol–water partition coefficient (Wildman–Crippen LogP) is 1.70. The highest BCUT2D eigenvalue weighted by molar-refractivity contribution is 5.37. The number of nitrogens with zero attached hydrogens (tertiary/aromatic N) is 4. The van der Waals surface area contributed by atoms with Crippen LogP contribution < -0.4 is 11.3 Å². The van der Waals surface area contributed by atoms with Gasteiger partial charge in [0.2, 0.25) is 0 Å². The highest BCUT2D eigenvalue weighted by Crippen LogP contribution is 2.45. The van der Waals surface area contributed by atoms with Crippen molar-refractivity contribution in [3.63, 3.8) is 0 Å². The van der Waals surface area contributed by atoms with Crippen LogP contribution in [0.5, 0.6) is 0 Å². The molecule has 0 atom stereocenters. The average molecular weight is 256 g/mol.